The molecule has 9 heteroatoms. The molecule has 42 heavy (non-hydrogen) atoms. The number of methoxy groups -OCH3 is 1. The summed E-state index contributed by atoms with van der Waals surface area (Å²) in [5.74, 6) is -0.513. The Morgan fingerprint density at radius 1 is 0.952 bits per heavy atom. The first-order valence-electron chi connectivity index (χ1n) is 13.3. The van der Waals surface area contributed by atoms with Gasteiger partial charge >= 0.3 is 5.97 Å². The van der Waals surface area contributed by atoms with Gasteiger partial charge in [-0.1, -0.05) is 42.0 Å². The second-order valence-electron chi connectivity index (χ2n) is 10.0. The van der Waals surface area contributed by atoms with Crippen molar-refractivity contribution in [3.05, 3.63) is 99.6 Å². The minimum atomic E-state index is -0.554. The Morgan fingerprint density at radius 3 is 2.26 bits per heavy atom. The van der Waals surface area contributed by atoms with Gasteiger partial charge in [0.1, 0.15) is 11.5 Å². The number of nitrogens with two attached hydrogens (primary N) is 1. The normalized spacial score (nSPS) is 12.4. The summed E-state index contributed by atoms with van der Waals surface area (Å²) in [4.78, 5) is 51.6. The number of imide groups is 1. The molecule has 0 atom stereocenters. The van der Waals surface area contributed by atoms with E-state index in [4.69, 9.17) is 15.2 Å². The van der Waals surface area contributed by atoms with Gasteiger partial charge in [0.05, 0.1) is 36.9 Å². The van der Waals surface area contributed by atoms with Crippen LogP contribution in [0.15, 0.2) is 66.2 Å². The largest absolute Gasteiger partial charge is 0.495 e. The van der Waals surface area contributed by atoms with E-state index in [1.54, 1.807) is 72.2 Å². The van der Waals surface area contributed by atoms with Crippen molar-refractivity contribution in [3.8, 4) is 11.5 Å². The Morgan fingerprint density at radius 2 is 1.64 bits per heavy atom. The molecule has 0 saturated heterocycles. The van der Waals surface area contributed by atoms with E-state index in [0.717, 1.165) is 22.3 Å². The molecule has 3 aromatic carbocycles. The summed E-state index contributed by atoms with van der Waals surface area (Å²) in [7, 11) is 1.55. The zero-order valence-corrected chi connectivity index (χ0v) is 25.8. The van der Waals surface area contributed by atoms with Crippen LogP contribution in [0.4, 0.5) is 5.69 Å². The van der Waals surface area contributed by atoms with E-state index in [1.807, 2.05) is 38.1 Å². The number of esters is 1. The minimum Gasteiger partial charge on any atom is -0.495 e. The lowest BCUT2D eigenvalue weighted by Gasteiger charge is -2.20. The van der Waals surface area contributed by atoms with Gasteiger partial charge in [-0.3, -0.25) is 24.1 Å². The van der Waals surface area contributed by atoms with E-state index in [1.165, 1.54) is 4.90 Å². The van der Waals surface area contributed by atoms with Crippen molar-refractivity contribution in [1.29, 1.82) is 0 Å². The van der Waals surface area contributed by atoms with E-state index in [-0.39, 0.29) is 40.7 Å². The van der Waals surface area contributed by atoms with Gasteiger partial charge in [-0.2, -0.15) is 0 Å². The topological polar surface area (TPSA) is 116 Å². The van der Waals surface area contributed by atoms with Gasteiger partial charge in [0.15, 0.2) is 3.79 Å². The number of nitrogens with zero attached hydrogens (tertiary/aromatic N) is 1. The zero-order chi connectivity index (χ0) is 30.4. The summed E-state index contributed by atoms with van der Waals surface area (Å²) in [6, 6.07) is 15.6. The number of ether oxygens (including phenoxy) is 2. The molecule has 0 aromatic heterocycles. The first-order chi connectivity index (χ1) is 20.1. The molecular weight excluding hydrogens is 647 g/mol. The van der Waals surface area contributed by atoms with Crippen molar-refractivity contribution >= 4 is 62.0 Å². The standard InChI is InChI=1S/C33H31IN2O6/c1-20(2)8-12-25-22(11-9-21-10-13-28(35)29(16-21)41-3)17-24(42-31(38)15-14-30(34)37)18-23(25)19-36-32(39)26-6-4-5-7-27(26)33(36)40/h4-11,13,16-18H,12,14-15,19,35H2,1-3H3/b11-9+. The number of amides is 2. The average Bonchev–Trinajstić information content (AvgIpc) is 3.19. The molecule has 0 unspecified atom stereocenters. The quantitative estimate of drug-likeness (QED) is 0.0365. The molecule has 0 aliphatic carbocycles. The monoisotopic (exact) mass is 678 g/mol. The number of allylic oxidation sites excluding steroid dienone is 2. The number of carbonyl (C=O) groups excluding carboxylic acids is 4. The van der Waals surface area contributed by atoms with Gasteiger partial charge in [0.25, 0.3) is 11.8 Å². The molecule has 4 rings (SSSR count). The van der Waals surface area contributed by atoms with E-state index >= 15 is 0 Å². The van der Waals surface area contributed by atoms with Crippen LogP contribution in [0.1, 0.15) is 69.7 Å². The SMILES string of the molecule is COc1cc(/C=C/c2cc(OC(=O)CCC(=O)I)cc(CN3C(=O)c4ccccc4C3=O)c2CC=C(C)C)ccc1N. The van der Waals surface area contributed by atoms with E-state index in [0.29, 0.717) is 34.5 Å². The van der Waals surface area contributed by atoms with E-state index < -0.39 is 5.97 Å². The van der Waals surface area contributed by atoms with Gasteiger partial charge in [0.2, 0.25) is 0 Å². The summed E-state index contributed by atoms with van der Waals surface area (Å²) in [5.41, 5.74) is 11.4. The Bertz CT molecular complexity index is 1590. The van der Waals surface area contributed by atoms with Gasteiger partial charge in [-0.15, -0.1) is 0 Å². The summed E-state index contributed by atoms with van der Waals surface area (Å²) in [6.07, 6.45) is 6.34. The highest BCUT2D eigenvalue weighted by Gasteiger charge is 2.35. The molecule has 0 bridgehead atoms. The predicted molar refractivity (Wildman–Crippen MR) is 170 cm³/mol. The predicted octanol–water partition coefficient (Wildman–Crippen LogP) is 6.40. The van der Waals surface area contributed by atoms with Crippen LogP contribution in [-0.4, -0.2) is 33.6 Å². The van der Waals surface area contributed by atoms with E-state index in [2.05, 4.69) is 6.08 Å². The number of fused-ring (bicyclic) bond motifs is 1. The molecule has 0 radical (unpaired) electrons. The molecule has 3 aromatic rings. The van der Waals surface area contributed by atoms with Crippen LogP contribution in [0.2, 0.25) is 0 Å². The van der Waals surface area contributed by atoms with Crippen LogP contribution in [0.3, 0.4) is 0 Å². The number of halogens is 1. The zero-order valence-electron chi connectivity index (χ0n) is 23.6. The smallest absolute Gasteiger partial charge is 0.311 e. The molecule has 2 amide bonds. The van der Waals surface area contributed by atoms with Gasteiger partial charge < -0.3 is 15.2 Å². The number of hydrogen-bond donors (Lipinski definition) is 1. The van der Waals surface area contributed by atoms with Gasteiger partial charge in [-0.25, -0.2) is 0 Å². The van der Waals surface area contributed by atoms with Crippen molar-refractivity contribution in [3.63, 3.8) is 0 Å². The highest BCUT2D eigenvalue weighted by molar-refractivity contribution is 14.1. The Labute approximate surface area is 258 Å². The van der Waals surface area contributed by atoms with Crippen LogP contribution >= 0.6 is 22.6 Å². The van der Waals surface area contributed by atoms with Crippen molar-refractivity contribution in [2.45, 2.75) is 39.7 Å². The van der Waals surface area contributed by atoms with Crippen molar-refractivity contribution < 1.29 is 28.7 Å². The maximum Gasteiger partial charge on any atom is 0.311 e. The fourth-order valence-corrected chi connectivity index (χ4v) is 4.85. The lowest BCUT2D eigenvalue weighted by atomic mass is 9.95. The molecule has 1 aliphatic heterocycles. The van der Waals surface area contributed by atoms with Crippen LogP contribution < -0.4 is 15.2 Å². The maximum absolute atomic E-state index is 13.2. The summed E-state index contributed by atoms with van der Waals surface area (Å²) < 4.78 is 10.9. The number of rotatable bonds is 11. The lowest BCUT2D eigenvalue weighted by molar-refractivity contribution is -0.135. The first-order valence-corrected chi connectivity index (χ1v) is 14.4. The number of benzene rings is 3. The van der Waals surface area contributed by atoms with Crippen LogP contribution in [0, 0.1) is 0 Å². The summed E-state index contributed by atoms with van der Waals surface area (Å²) in [5, 5.41) is 0. The van der Waals surface area contributed by atoms with Crippen molar-refractivity contribution in [2.24, 2.45) is 0 Å². The Hall–Kier alpha value is -4.25. The molecule has 0 fully saturated rings. The molecule has 1 heterocycles. The number of hydrogen-bond acceptors (Lipinski definition) is 7. The third-order valence-electron chi connectivity index (χ3n) is 6.74. The van der Waals surface area contributed by atoms with Crippen molar-refractivity contribution in [2.75, 3.05) is 12.8 Å². The first kappa shape index (κ1) is 30.7. The van der Waals surface area contributed by atoms with Crippen molar-refractivity contribution in [1.82, 2.24) is 4.90 Å². The lowest BCUT2D eigenvalue weighted by Crippen LogP contribution is -2.29. The number of carbonyl (C=O) groups is 4. The Balaban J connectivity index is 1.79. The van der Waals surface area contributed by atoms with Crippen LogP contribution in [0.25, 0.3) is 12.2 Å². The molecule has 0 saturated carbocycles. The minimum absolute atomic E-state index is 0.00750. The highest BCUT2D eigenvalue weighted by atomic mass is 127. The third kappa shape index (κ3) is 7.33. The fourth-order valence-electron chi connectivity index (χ4n) is 4.58. The molecule has 216 valence electrons. The Kier molecular flexibility index (Phi) is 9.95. The second-order valence-corrected chi connectivity index (χ2v) is 11.2. The summed E-state index contributed by atoms with van der Waals surface area (Å²) >= 11 is 1.64. The second kappa shape index (κ2) is 13.6. The molecular formula is C33H31IN2O6. The molecule has 8 nitrogen and oxygen atoms in total. The van der Waals surface area contributed by atoms with Crippen LogP contribution in [0.5, 0.6) is 11.5 Å². The van der Waals surface area contributed by atoms with E-state index in [9.17, 15) is 19.2 Å². The number of anilines is 1. The van der Waals surface area contributed by atoms with Gasteiger partial charge in [-0.05, 0) is 102 Å². The van der Waals surface area contributed by atoms with Crippen LogP contribution in [-0.2, 0) is 22.6 Å². The maximum atomic E-state index is 13.2. The average molecular weight is 679 g/mol. The molecule has 2 N–H and O–H groups in total. The summed E-state index contributed by atoms with van der Waals surface area (Å²) in [6.45, 7) is 3.97. The molecule has 1 aliphatic rings. The van der Waals surface area contributed by atoms with Gasteiger partial charge in [0, 0.05) is 6.42 Å². The molecule has 0 spiro atoms. The number of nitrogen functional groups attached to an aromatic ring is 1. The highest BCUT2D eigenvalue weighted by Crippen LogP contribution is 2.31. The third-order valence-corrected chi connectivity index (χ3v) is 7.28. The fraction of sp³-hybridized carbons (Fsp3) is 0.212.